The quantitative estimate of drug-likeness (QED) is 0.677. The monoisotopic (exact) mass is 209 g/mol. The lowest BCUT2D eigenvalue weighted by molar-refractivity contribution is 0.394. The van der Waals surface area contributed by atoms with Crippen LogP contribution in [-0.2, 0) is 0 Å². The van der Waals surface area contributed by atoms with Gasteiger partial charge in [0.1, 0.15) is 5.15 Å². The highest BCUT2D eigenvalue weighted by Gasteiger charge is 2.07. The molecule has 0 fully saturated rings. The first-order valence-electron chi connectivity index (χ1n) is 4.10. The summed E-state index contributed by atoms with van der Waals surface area (Å²) in [5.74, 6) is 1.07. The van der Waals surface area contributed by atoms with Gasteiger partial charge in [-0.15, -0.1) is 0 Å². The predicted octanol–water partition coefficient (Wildman–Crippen LogP) is 2.40. The van der Waals surface area contributed by atoms with Gasteiger partial charge in [0.2, 0.25) is 11.7 Å². The Bertz CT molecular complexity index is 447. The molecule has 0 radical (unpaired) electrons. The van der Waals surface area contributed by atoms with Gasteiger partial charge in [-0.25, -0.2) is 4.98 Å². The van der Waals surface area contributed by atoms with Gasteiger partial charge in [-0.1, -0.05) is 16.8 Å². The molecule has 2 aromatic rings. The molecular formula is C9H8ClN3O. The number of rotatable bonds is 1. The number of hydrogen-bond acceptors (Lipinski definition) is 4. The van der Waals surface area contributed by atoms with Crippen LogP contribution in [0.5, 0.6) is 0 Å². The lowest BCUT2D eigenvalue weighted by Gasteiger charge is -1.97. The molecule has 0 aromatic carbocycles. The van der Waals surface area contributed by atoms with Gasteiger partial charge in [-0.2, -0.15) is 4.98 Å². The van der Waals surface area contributed by atoms with E-state index in [2.05, 4.69) is 15.1 Å². The van der Waals surface area contributed by atoms with Crippen molar-refractivity contribution in [1.29, 1.82) is 0 Å². The van der Waals surface area contributed by atoms with Gasteiger partial charge in [0.25, 0.3) is 0 Å². The van der Waals surface area contributed by atoms with Gasteiger partial charge in [-0.3, -0.25) is 0 Å². The van der Waals surface area contributed by atoms with Crippen molar-refractivity contribution in [2.45, 2.75) is 13.8 Å². The Morgan fingerprint density at radius 2 is 2.00 bits per heavy atom. The van der Waals surface area contributed by atoms with Gasteiger partial charge in [0.05, 0.1) is 0 Å². The molecule has 0 saturated heterocycles. The van der Waals surface area contributed by atoms with Crippen molar-refractivity contribution < 1.29 is 4.52 Å². The molecule has 2 heterocycles. The van der Waals surface area contributed by atoms with E-state index in [4.69, 9.17) is 16.1 Å². The Morgan fingerprint density at radius 1 is 1.21 bits per heavy atom. The van der Waals surface area contributed by atoms with E-state index in [9.17, 15) is 0 Å². The van der Waals surface area contributed by atoms with E-state index in [1.54, 1.807) is 13.0 Å². The third-order valence-electron chi connectivity index (χ3n) is 1.71. The van der Waals surface area contributed by atoms with Crippen molar-refractivity contribution in [3.05, 3.63) is 28.9 Å². The lowest BCUT2D eigenvalue weighted by Crippen LogP contribution is -1.86. The van der Waals surface area contributed by atoms with E-state index in [0.29, 0.717) is 16.9 Å². The van der Waals surface area contributed by atoms with Crippen molar-refractivity contribution in [3.8, 4) is 11.4 Å². The Kier molecular flexibility index (Phi) is 2.21. The van der Waals surface area contributed by atoms with Gasteiger partial charge >= 0.3 is 0 Å². The number of pyridine rings is 1. The van der Waals surface area contributed by atoms with Crippen LogP contribution in [0, 0.1) is 13.8 Å². The SMILES string of the molecule is Cc1cc(-c2noc(C)n2)cc(Cl)n1. The Hall–Kier alpha value is -1.42. The van der Waals surface area contributed by atoms with E-state index in [1.807, 2.05) is 13.0 Å². The molecule has 0 spiro atoms. The number of aryl methyl sites for hydroxylation is 2. The fourth-order valence-electron chi connectivity index (χ4n) is 1.17. The molecule has 4 nitrogen and oxygen atoms in total. The standard InChI is InChI=1S/C9H8ClN3O/c1-5-3-7(4-8(10)11-5)9-12-6(2)14-13-9/h3-4H,1-2H3. The maximum Gasteiger partial charge on any atom is 0.223 e. The summed E-state index contributed by atoms with van der Waals surface area (Å²) in [5, 5.41) is 4.23. The largest absolute Gasteiger partial charge is 0.339 e. The molecule has 0 atom stereocenters. The summed E-state index contributed by atoms with van der Waals surface area (Å²) in [6, 6.07) is 3.56. The summed E-state index contributed by atoms with van der Waals surface area (Å²) in [7, 11) is 0. The van der Waals surface area contributed by atoms with Crippen LogP contribution in [0.4, 0.5) is 0 Å². The molecule has 0 aliphatic heterocycles. The number of nitrogens with zero attached hydrogens (tertiary/aromatic N) is 3. The summed E-state index contributed by atoms with van der Waals surface area (Å²) < 4.78 is 4.87. The molecule has 14 heavy (non-hydrogen) atoms. The molecule has 0 aliphatic rings. The van der Waals surface area contributed by atoms with E-state index in [-0.39, 0.29) is 0 Å². The van der Waals surface area contributed by atoms with Crippen LogP contribution in [0.25, 0.3) is 11.4 Å². The summed E-state index contributed by atoms with van der Waals surface area (Å²) in [6.45, 7) is 3.61. The Labute approximate surface area is 85.9 Å². The highest BCUT2D eigenvalue weighted by molar-refractivity contribution is 6.29. The van der Waals surface area contributed by atoms with Crippen LogP contribution in [0.15, 0.2) is 16.7 Å². The number of aromatic nitrogens is 3. The minimum absolute atomic E-state index is 0.433. The normalized spacial score (nSPS) is 10.5. The van der Waals surface area contributed by atoms with Crippen LogP contribution in [-0.4, -0.2) is 15.1 Å². The third-order valence-corrected chi connectivity index (χ3v) is 1.90. The van der Waals surface area contributed by atoms with Crippen LogP contribution in [0.3, 0.4) is 0 Å². The van der Waals surface area contributed by atoms with Gasteiger partial charge in [0.15, 0.2) is 0 Å². The predicted molar refractivity (Wildman–Crippen MR) is 52.0 cm³/mol. The zero-order valence-electron chi connectivity index (χ0n) is 7.78. The molecule has 0 saturated carbocycles. The van der Waals surface area contributed by atoms with E-state index in [1.165, 1.54) is 0 Å². The second kappa shape index (κ2) is 3.38. The smallest absolute Gasteiger partial charge is 0.223 e. The first kappa shape index (κ1) is 9.15. The average Bonchev–Trinajstić information content (AvgIpc) is 2.50. The Balaban J connectivity index is 2.51. The summed E-state index contributed by atoms with van der Waals surface area (Å²) in [4.78, 5) is 8.14. The van der Waals surface area contributed by atoms with Crippen molar-refractivity contribution in [1.82, 2.24) is 15.1 Å². The van der Waals surface area contributed by atoms with E-state index >= 15 is 0 Å². The topological polar surface area (TPSA) is 51.8 Å². The summed E-state index contributed by atoms with van der Waals surface area (Å²) >= 11 is 5.81. The van der Waals surface area contributed by atoms with Crippen molar-refractivity contribution in [3.63, 3.8) is 0 Å². The molecule has 0 N–H and O–H groups in total. The number of hydrogen-bond donors (Lipinski definition) is 0. The average molecular weight is 210 g/mol. The minimum Gasteiger partial charge on any atom is -0.339 e. The zero-order chi connectivity index (χ0) is 10.1. The second-order valence-electron chi connectivity index (χ2n) is 2.96. The first-order chi connectivity index (χ1) is 6.65. The molecule has 5 heteroatoms. The highest BCUT2D eigenvalue weighted by atomic mass is 35.5. The van der Waals surface area contributed by atoms with Crippen molar-refractivity contribution in [2.24, 2.45) is 0 Å². The molecule has 0 bridgehead atoms. The lowest BCUT2D eigenvalue weighted by atomic mass is 10.2. The van der Waals surface area contributed by atoms with Crippen molar-refractivity contribution in [2.75, 3.05) is 0 Å². The summed E-state index contributed by atoms with van der Waals surface area (Å²) in [5.41, 5.74) is 1.65. The van der Waals surface area contributed by atoms with Crippen LogP contribution in [0.1, 0.15) is 11.6 Å². The van der Waals surface area contributed by atoms with Crippen LogP contribution in [0.2, 0.25) is 5.15 Å². The Morgan fingerprint density at radius 3 is 2.57 bits per heavy atom. The molecule has 2 rings (SSSR count). The van der Waals surface area contributed by atoms with Gasteiger partial charge < -0.3 is 4.52 Å². The molecular weight excluding hydrogens is 202 g/mol. The van der Waals surface area contributed by atoms with Gasteiger partial charge in [-0.05, 0) is 19.1 Å². The molecule has 0 unspecified atom stereocenters. The highest BCUT2D eigenvalue weighted by Crippen LogP contribution is 2.19. The van der Waals surface area contributed by atoms with Crippen molar-refractivity contribution >= 4 is 11.6 Å². The van der Waals surface area contributed by atoms with Crippen LogP contribution >= 0.6 is 11.6 Å². The maximum atomic E-state index is 5.81. The van der Waals surface area contributed by atoms with Gasteiger partial charge in [0, 0.05) is 18.2 Å². The fraction of sp³-hybridized carbons (Fsp3) is 0.222. The van der Waals surface area contributed by atoms with E-state index in [0.717, 1.165) is 11.3 Å². The first-order valence-corrected chi connectivity index (χ1v) is 4.48. The molecule has 2 aromatic heterocycles. The van der Waals surface area contributed by atoms with Crippen LogP contribution < -0.4 is 0 Å². The molecule has 72 valence electrons. The molecule has 0 amide bonds. The van der Waals surface area contributed by atoms with E-state index < -0.39 is 0 Å². The summed E-state index contributed by atoms with van der Waals surface area (Å²) in [6.07, 6.45) is 0. The second-order valence-corrected chi connectivity index (χ2v) is 3.34. The number of halogens is 1. The molecule has 0 aliphatic carbocycles. The minimum atomic E-state index is 0.433. The fourth-order valence-corrected chi connectivity index (χ4v) is 1.42. The zero-order valence-corrected chi connectivity index (χ0v) is 8.54. The maximum absolute atomic E-state index is 5.81. The third kappa shape index (κ3) is 1.75.